The lowest BCUT2D eigenvalue weighted by Crippen LogP contribution is -2.39. The predicted octanol–water partition coefficient (Wildman–Crippen LogP) is 5.14. The summed E-state index contributed by atoms with van der Waals surface area (Å²) >= 11 is 12.3. The zero-order valence-corrected chi connectivity index (χ0v) is 16.5. The molecular weight excluding hydrogens is 371 g/mol. The second-order valence-electron chi connectivity index (χ2n) is 7.37. The number of amides is 2. The second-order valence-corrected chi connectivity index (χ2v) is 8.19. The minimum absolute atomic E-state index is 0.0549. The zero-order chi connectivity index (χ0) is 18.5. The van der Waals surface area contributed by atoms with Gasteiger partial charge in [-0.2, -0.15) is 0 Å². The van der Waals surface area contributed by atoms with Gasteiger partial charge in [0.25, 0.3) is 0 Å². The third kappa shape index (κ3) is 4.72. The average Bonchev–Trinajstić information content (AvgIpc) is 2.94. The molecule has 1 aliphatic heterocycles. The largest absolute Gasteiger partial charge is 0.342 e. The Bertz CT molecular complexity index is 629. The van der Waals surface area contributed by atoms with Crippen LogP contribution in [0, 0.1) is 11.8 Å². The summed E-state index contributed by atoms with van der Waals surface area (Å²) < 4.78 is 0. The van der Waals surface area contributed by atoms with Gasteiger partial charge < -0.3 is 10.2 Å². The van der Waals surface area contributed by atoms with Gasteiger partial charge in [0.15, 0.2) is 0 Å². The Morgan fingerprint density at radius 1 is 0.885 bits per heavy atom. The van der Waals surface area contributed by atoms with Gasteiger partial charge in [0.05, 0.1) is 15.7 Å². The van der Waals surface area contributed by atoms with Crippen LogP contribution in [0.2, 0.25) is 10.0 Å². The number of hydrogen-bond acceptors (Lipinski definition) is 2. The molecule has 1 aromatic carbocycles. The van der Waals surface area contributed by atoms with E-state index in [-0.39, 0.29) is 17.7 Å². The van der Waals surface area contributed by atoms with Crippen LogP contribution < -0.4 is 5.32 Å². The van der Waals surface area contributed by atoms with Gasteiger partial charge in [-0.15, -0.1) is 0 Å². The number of rotatable bonds is 3. The normalized spacial score (nSPS) is 24.0. The molecule has 0 bridgehead atoms. The fourth-order valence-electron chi connectivity index (χ4n) is 3.99. The number of benzene rings is 1. The smallest absolute Gasteiger partial charge is 0.227 e. The summed E-state index contributed by atoms with van der Waals surface area (Å²) in [4.78, 5) is 27.4. The number of hydrogen-bond donors (Lipinski definition) is 1. The van der Waals surface area contributed by atoms with Crippen molar-refractivity contribution in [2.45, 2.75) is 51.4 Å². The van der Waals surface area contributed by atoms with Gasteiger partial charge in [0.1, 0.15) is 0 Å². The van der Waals surface area contributed by atoms with Gasteiger partial charge >= 0.3 is 0 Å². The van der Waals surface area contributed by atoms with Gasteiger partial charge in [-0.1, -0.05) is 42.1 Å². The highest BCUT2D eigenvalue weighted by Crippen LogP contribution is 2.34. The third-order valence-corrected chi connectivity index (χ3v) is 6.21. The Morgan fingerprint density at radius 3 is 2.00 bits per heavy atom. The molecule has 4 nitrogen and oxygen atoms in total. The highest BCUT2D eigenvalue weighted by molar-refractivity contribution is 6.39. The van der Waals surface area contributed by atoms with Crippen LogP contribution in [-0.2, 0) is 9.59 Å². The lowest BCUT2D eigenvalue weighted by Gasteiger charge is -2.31. The number of likely N-dealkylation sites (tertiary alicyclic amines) is 1. The summed E-state index contributed by atoms with van der Waals surface area (Å²) in [6.07, 6.45) is 7.70. The minimum atomic E-state index is -0.0875. The molecule has 1 aliphatic carbocycles. The molecule has 26 heavy (non-hydrogen) atoms. The van der Waals surface area contributed by atoms with E-state index in [1.807, 2.05) is 4.90 Å². The van der Waals surface area contributed by atoms with Gasteiger partial charge in [-0.25, -0.2) is 0 Å². The molecule has 2 amide bonds. The number of nitrogens with zero attached hydrogens (tertiary/aromatic N) is 1. The molecule has 0 aromatic heterocycles. The van der Waals surface area contributed by atoms with Gasteiger partial charge in [-0.05, 0) is 50.7 Å². The lowest BCUT2D eigenvalue weighted by molar-refractivity contribution is -0.137. The highest BCUT2D eigenvalue weighted by Gasteiger charge is 2.32. The molecule has 142 valence electrons. The fourth-order valence-corrected chi connectivity index (χ4v) is 4.49. The summed E-state index contributed by atoms with van der Waals surface area (Å²) in [5, 5.41) is 3.75. The van der Waals surface area contributed by atoms with Crippen LogP contribution in [0.15, 0.2) is 18.2 Å². The minimum Gasteiger partial charge on any atom is -0.342 e. The molecule has 6 heteroatoms. The van der Waals surface area contributed by atoms with Crippen molar-refractivity contribution in [3.8, 4) is 0 Å². The van der Waals surface area contributed by atoms with Gasteiger partial charge in [0, 0.05) is 24.9 Å². The first-order valence-corrected chi connectivity index (χ1v) is 10.4. The summed E-state index contributed by atoms with van der Waals surface area (Å²) in [6.45, 7) is 1.79. The van der Waals surface area contributed by atoms with Crippen molar-refractivity contribution in [2.24, 2.45) is 11.8 Å². The summed E-state index contributed by atoms with van der Waals surface area (Å²) in [5.74, 6) is 0.220. The molecule has 1 heterocycles. The molecule has 1 aromatic rings. The standard InChI is InChI=1S/C20H26Cl2N2O2/c21-16-6-5-7-17(22)18(16)23-19(25)14-8-10-15(11-9-14)20(26)24-12-3-1-2-4-13-24/h5-7,14-15H,1-4,8-13H2,(H,23,25). The first-order chi connectivity index (χ1) is 12.6. The number of nitrogens with one attached hydrogen (secondary N) is 1. The van der Waals surface area contributed by atoms with E-state index in [2.05, 4.69) is 5.32 Å². The third-order valence-electron chi connectivity index (χ3n) is 5.58. The number of carbonyl (C=O) groups is 2. The molecule has 1 saturated carbocycles. The molecule has 2 aliphatic rings. The van der Waals surface area contributed by atoms with E-state index in [0.717, 1.165) is 51.6 Å². The maximum Gasteiger partial charge on any atom is 0.227 e. The summed E-state index contributed by atoms with van der Waals surface area (Å²) in [7, 11) is 0. The molecule has 0 spiro atoms. The van der Waals surface area contributed by atoms with Crippen LogP contribution in [0.4, 0.5) is 5.69 Å². The molecule has 1 N–H and O–H groups in total. The van der Waals surface area contributed by atoms with Crippen molar-refractivity contribution in [1.29, 1.82) is 0 Å². The number of anilines is 1. The van der Waals surface area contributed by atoms with E-state index in [4.69, 9.17) is 23.2 Å². The monoisotopic (exact) mass is 396 g/mol. The van der Waals surface area contributed by atoms with E-state index in [0.29, 0.717) is 21.6 Å². The predicted molar refractivity (Wildman–Crippen MR) is 106 cm³/mol. The Balaban J connectivity index is 1.53. The van der Waals surface area contributed by atoms with Crippen molar-refractivity contribution in [1.82, 2.24) is 4.90 Å². The molecular formula is C20H26Cl2N2O2. The van der Waals surface area contributed by atoms with E-state index in [1.54, 1.807) is 18.2 Å². The Labute approximate surface area is 165 Å². The lowest BCUT2D eigenvalue weighted by atomic mass is 9.81. The van der Waals surface area contributed by atoms with Crippen LogP contribution in [0.1, 0.15) is 51.4 Å². The van der Waals surface area contributed by atoms with Crippen molar-refractivity contribution in [2.75, 3.05) is 18.4 Å². The van der Waals surface area contributed by atoms with E-state index >= 15 is 0 Å². The Morgan fingerprint density at radius 2 is 1.42 bits per heavy atom. The van der Waals surface area contributed by atoms with E-state index in [9.17, 15) is 9.59 Å². The molecule has 1 saturated heterocycles. The van der Waals surface area contributed by atoms with E-state index < -0.39 is 0 Å². The summed E-state index contributed by atoms with van der Waals surface area (Å²) in [5.41, 5.74) is 0.476. The average molecular weight is 397 g/mol. The topological polar surface area (TPSA) is 49.4 Å². The van der Waals surface area contributed by atoms with Crippen LogP contribution in [0.25, 0.3) is 0 Å². The maximum absolute atomic E-state index is 12.8. The number of carbonyl (C=O) groups excluding carboxylic acids is 2. The molecule has 0 radical (unpaired) electrons. The second kappa shape index (κ2) is 9.09. The quantitative estimate of drug-likeness (QED) is 0.768. The number of halogens is 2. The van der Waals surface area contributed by atoms with E-state index in [1.165, 1.54) is 12.8 Å². The van der Waals surface area contributed by atoms with Crippen molar-refractivity contribution < 1.29 is 9.59 Å². The first kappa shape index (κ1) is 19.5. The molecule has 3 rings (SSSR count). The van der Waals surface area contributed by atoms with Gasteiger partial charge in [0.2, 0.25) is 11.8 Å². The van der Waals surface area contributed by atoms with Crippen LogP contribution >= 0.6 is 23.2 Å². The molecule has 0 unspecified atom stereocenters. The van der Waals surface area contributed by atoms with Crippen LogP contribution in [0.3, 0.4) is 0 Å². The maximum atomic E-state index is 12.8. The van der Waals surface area contributed by atoms with Gasteiger partial charge in [-0.3, -0.25) is 9.59 Å². The van der Waals surface area contributed by atoms with Crippen molar-refractivity contribution in [3.05, 3.63) is 28.2 Å². The Hall–Kier alpha value is -1.26. The molecule has 0 atom stereocenters. The van der Waals surface area contributed by atoms with Crippen LogP contribution in [0.5, 0.6) is 0 Å². The van der Waals surface area contributed by atoms with Crippen LogP contribution in [-0.4, -0.2) is 29.8 Å². The van der Waals surface area contributed by atoms with Crippen molar-refractivity contribution in [3.63, 3.8) is 0 Å². The Kier molecular flexibility index (Phi) is 6.82. The molecule has 2 fully saturated rings. The SMILES string of the molecule is O=C(Nc1c(Cl)cccc1Cl)C1CCC(C(=O)N2CCCCCC2)CC1. The zero-order valence-electron chi connectivity index (χ0n) is 15.0. The first-order valence-electron chi connectivity index (χ1n) is 9.60. The number of para-hydroxylation sites is 1. The highest BCUT2D eigenvalue weighted by atomic mass is 35.5. The fraction of sp³-hybridized carbons (Fsp3) is 0.600. The summed E-state index contributed by atoms with van der Waals surface area (Å²) in [6, 6.07) is 5.17. The van der Waals surface area contributed by atoms with Crippen molar-refractivity contribution >= 4 is 40.7 Å².